The van der Waals surface area contributed by atoms with Crippen LogP contribution in [0.15, 0.2) is 24.3 Å². The first-order chi connectivity index (χ1) is 10.3. The number of carbonyl (C=O) groups is 1. The lowest BCUT2D eigenvalue weighted by atomic mass is 10.3. The van der Waals surface area contributed by atoms with E-state index in [1.807, 2.05) is 24.3 Å². The van der Waals surface area contributed by atoms with E-state index < -0.39 is 0 Å². The molecular weight excluding hydrogens is 272 g/mol. The molecule has 0 aliphatic heterocycles. The Morgan fingerprint density at radius 3 is 2.52 bits per heavy atom. The van der Waals surface area contributed by atoms with E-state index in [-0.39, 0.29) is 5.91 Å². The number of nitrogens with one attached hydrogen (secondary N) is 1. The third-order valence-electron chi connectivity index (χ3n) is 2.71. The van der Waals surface area contributed by atoms with Crippen LogP contribution in [-0.4, -0.2) is 45.9 Å². The zero-order valence-electron chi connectivity index (χ0n) is 12.5. The highest BCUT2D eigenvalue weighted by Gasteiger charge is 2.01. The molecule has 0 aliphatic carbocycles. The van der Waals surface area contributed by atoms with Gasteiger partial charge >= 0.3 is 0 Å². The Labute approximate surface area is 125 Å². The fourth-order valence-corrected chi connectivity index (χ4v) is 1.63. The van der Waals surface area contributed by atoms with Gasteiger partial charge in [-0.15, -0.1) is 0 Å². The van der Waals surface area contributed by atoms with Crippen molar-refractivity contribution in [3.8, 4) is 11.5 Å². The van der Waals surface area contributed by atoms with Gasteiger partial charge in [0, 0.05) is 19.5 Å². The molecule has 0 bridgehead atoms. The van der Waals surface area contributed by atoms with Crippen LogP contribution in [0, 0.1) is 0 Å². The van der Waals surface area contributed by atoms with Crippen molar-refractivity contribution in [1.29, 1.82) is 0 Å². The van der Waals surface area contributed by atoms with Gasteiger partial charge in [0.05, 0.1) is 26.9 Å². The summed E-state index contributed by atoms with van der Waals surface area (Å²) >= 11 is 0. The summed E-state index contributed by atoms with van der Waals surface area (Å²) in [5, 5.41) is 2.78. The number of nitrogens with two attached hydrogens (primary N) is 1. The van der Waals surface area contributed by atoms with Gasteiger partial charge in [0.2, 0.25) is 5.91 Å². The number of carbonyl (C=O) groups excluding carboxylic acids is 1. The maximum absolute atomic E-state index is 11.5. The van der Waals surface area contributed by atoms with Gasteiger partial charge in [-0.1, -0.05) is 0 Å². The van der Waals surface area contributed by atoms with Crippen molar-refractivity contribution in [2.45, 2.75) is 12.8 Å². The summed E-state index contributed by atoms with van der Waals surface area (Å²) in [6, 6.07) is 7.36. The molecular formula is C15H24N2O4. The summed E-state index contributed by atoms with van der Waals surface area (Å²) in [6.07, 6.45) is 1.11. The Morgan fingerprint density at radius 1 is 1.14 bits per heavy atom. The highest BCUT2D eigenvalue weighted by Crippen LogP contribution is 2.17. The Bertz CT molecular complexity index is 395. The lowest BCUT2D eigenvalue weighted by molar-refractivity contribution is -0.121. The molecule has 0 atom stereocenters. The van der Waals surface area contributed by atoms with Gasteiger partial charge in [-0.2, -0.15) is 0 Å². The average Bonchev–Trinajstić information content (AvgIpc) is 2.52. The molecule has 0 fully saturated rings. The summed E-state index contributed by atoms with van der Waals surface area (Å²) in [5.41, 5.74) is 5.28. The van der Waals surface area contributed by atoms with Crippen molar-refractivity contribution in [2.75, 3.05) is 40.0 Å². The molecule has 1 aromatic carbocycles. The van der Waals surface area contributed by atoms with E-state index in [2.05, 4.69) is 5.32 Å². The van der Waals surface area contributed by atoms with Crippen LogP contribution in [0.25, 0.3) is 0 Å². The van der Waals surface area contributed by atoms with Crippen molar-refractivity contribution >= 4 is 5.91 Å². The number of benzene rings is 1. The van der Waals surface area contributed by atoms with E-state index in [4.69, 9.17) is 19.9 Å². The molecule has 0 radical (unpaired) electrons. The van der Waals surface area contributed by atoms with Crippen LogP contribution in [0.4, 0.5) is 0 Å². The van der Waals surface area contributed by atoms with E-state index in [9.17, 15) is 4.79 Å². The highest BCUT2D eigenvalue weighted by molar-refractivity contribution is 5.75. The van der Waals surface area contributed by atoms with Gasteiger partial charge in [0.15, 0.2) is 0 Å². The van der Waals surface area contributed by atoms with Gasteiger partial charge in [-0.3, -0.25) is 4.79 Å². The van der Waals surface area contributed by atoms with Gasteiger partial charge in [-0.25, -0.2) is 0 Å². The number of hydrogen-bond donors (Lipinski definition) is 2. The Kier molecular flexibility index (Phi) is 8.99. The first kappa shape index (κ1) is 17.3. The first-order valence-electron chi connectivity index (χ1n) is 7.07. The summed E-state index contributed by atoms with van der Waals surface area (Å²) < 4.78 is 15.8. The number of ether oxygens (including phenoxy) is 3. The van der Waals surface area contributed by atoms with Crippen LogP contribution in [0.1, 0.15) is 12.8 Å². The molecule has 0 aromatic heterocycles. The number of hydrogen-bond acceptors (Lipinski definition) is 5. The maximum Gasteiger partial charge on any atom is 0.220 e. The summed E-state index contributed by atoms with van der Waals surface area (Å²) in [6.45, 7) is 2.52. The van der Waals surface area contributed by atoms with Gasteiger partial charge in [0.1, 0.15) is 11.5 Å². The van der Waals surface area contributed by atoms with Crippen LogP contribution in [0.3, 0.4) is 0 Å². The second-order valence-corrected chi connectivity index (χ2v) is 4.38. The number of methoxy groups -OCH3 is 1. The minimum Gasteiger partial charge on any atom is -0.497 e. The topological polar surface area (TPSA) is 82.8 Å². The summed E-state index contributed by atoms with van der Waals surface area (Å²) in [4.78, 5) is 11.5. The molecule has 6 heteroatoms. The molecule has 6 nitrogen and oxygen atoms in total. The third kappa shape index (κ3) is 8.16. The largest absolute Gasteiger partial charge is 0.497 e. The average molecular weight is 296 g/mol. The SMILES string of the molecule is COc1ccc(OCCCC(=O)NCCOCCN)cc1. The molecule has 0 spiro atoms. The first-order valence-corrected chi connectivity index (χ1v) is 7.07. The summed E-state index contributed by atoms with van der Waals surface area (Å²) in [5.74, 6) is 1.56. The van der Waals surface area contributed by atoms with E-state index in [0.29, 0.717) is 45.8 Å². The zero-order chi connectivity index (χ0) is 15.3. The molecule has 0 aliphatic rings. The molecule has 0 unspecified atom stereocenters. The van der Waals surface area contributed by atoms with Crippen molar-refractivity contribution < 1.29 is 19.0 Å². The standard InChI is InChI=1S/C15H24N2O4/c1-19-13-4-6-14(7-5-13)21-10-2-3-15(18)17-9-12-20-11-8-16/h4-7H,2-3,8-12,16H2,1H3,(H,17,18). The van der Waals surface area contributed by atoms with Crippen LogP contribution in [-0.2, 0) is 9.53 Å². The molecule has 0 saturated carbocycles. The minimum absolute atomic E-state index is 0.00433. The Balaban J connectivity index is 2.03. The van der Waals surface area contributed by atoms with Crippen LogP contribution in [0.5, 0.6) is 11.5 Å². The Morgan fingerprint density at radius 2 is 1.86 bits per heavy atom. The van der Waals surface area contributed by atoms with E-state index in [1.165, 1.54) is 0 Å². The molecule has 3 N–H and O–H groups in total. The van der Waals surface area contributed by atoms with Crippen LogP contribution >= 0.6 is 0 Å². The van der Waals surface area contributed by atoms with Gasteiger partial charge in [0.25, 0.3) is 0 Å². The molecule has 0 heterocycles. The number of amides is 1. The lowest BCUT2D eigenvalue weighted by Gasteiger charge is -2.08. The smallest absolute Gasteiger partial charge is 0.220 e. The quantitative estimate of drug-likeness (QED) is 0.594. The highest BCUT2D eigenvalue weighted by atomic mass is 16.5. The predicted octanol–water partition coefficient (Wildman–Crippen LogP) is 0.946. The predicted molar refractivity (Wildman–Crippen MR) is 80.6 cm³/mol. The Hall–Kier alpha value is -1.79. The fraction of sp³-hybridized carbons (Fsp3) is 0.533. The lowest BCUT2D eigenvalue weighted by Crippen LogP contribution is -2.28. The second-order valence-electron chi connectivity index (χ2n) is 4.38. The zero-order valence-corrected chi connectivity index (χ0v) is 12.5. The van der Waals surface area contributed by atoms with Crippen molar-refractivity contribution in [3.05, 3.63) is 24.3 Å². The van der Waals surface area contributed by atoms with E-state index in [1.54, 1.807) is 7.11 Å². The fourth-order valence-electron chi connectivity index (χ4n) is 1.63. The molecule has 1 rings (SSSR count). The summed E-state index contributed by atoms with van der Waals surface area (Å²) in [7, 11) is 1.62. The van der Waals surface area contributed by atoms with Gasteiger partial charge in [-0.05, 0) is 30.7 Å². The second kappa shape index (κ2) is 10.9. The third-order valence-corrected chi connectivity index (χ3v) is 2.71. The van der Waals surface area contributed by atoms with Crippen molar-refractivity contribution in [1.82, 2.24) is 5.32 Å². The molecule has 1 amide bonds. The normalized spacial score (nSPS) is 10.2. The number of rotatable bonds is 11. The van der Waals surface area contributed by atoms with E-state index >= 15 is 0 Å². The van der Waals surface area contributed by atoms with Crippen molar-refractivity contribution in [3.63, 3.8) is 0 Å². The molecule has 21 heavy (non-hydrogen) atoms. The van der Waals surface area contributed by atoms with Crippen molar-refractivity contribution in [2.24, 2.45) is 5.73 Å². The molecule has 118 valence electrons. The molecule has 1 aromatic rings. The van der Waals surface area contributed by atoms with Crippen LogP contribution in [0.2, 0.25) is 0 Å². The van der Waals surface area contributed by atoms with Crippen LogP contribution < -0.4 is 20.5 Å². The maximum atomic E-state index is 11.5. The monoisotopic (exact) mass is 296 g/mol. The van der Waals surface area contributed by atoms with E-state index in [0.717, 1.165) is 11.5 Å². The van der Waals surface area contributed by atoms with Gasteiger partial charge < -0.3 is 25.3 Å². The minimum atomic E-state index is 0.00433. The molecule has 0 saturated heterocycles.